The molecule has 1 N–H and O–H groups in total. The molecule has 0 aliphatic rings. The molecule has 2 heterocycles. The van der Waals surface area contributed by atoms with Crippen LogP contribution in [-0.2, 0) is 7.05 Å². The molecule has 0 radical (unpaired) electrons. The molecule has 0 aliphatic heterocycles. The highest BCUT2D eigenvalue weighted by Crippen LogP contribution is 2.20. The molecule has 0 atom stereocenters. The van der Waals surface area contributed by atoms with E-state index in [2.05, 4.69) is 15.4 Å². The Morgan fingerprint density at radius 1 is 1.16 bits per heavy atom. The second kappa shape index (κ2) is 4.61. The summed E-state index contributed by atoms with van der Waals surface area (Å²) in [4.78, 5) is 4.35. The molecule has 0 aliphatic carbocycles. The average molecular weight is 253 g/mol. The summed E-state index contributed by atoms with van der Waals surface area (Å²) < 4.78 is 3.79. The van der Waals surface area contributed by atoms with Gasteiger partial charge in [-0.15, -0.1) is 0 Å². The normalized spacial score (nSPS) is 10.6. The minimum atomic E-state index is 0.780. The van der Waals surface area contributed by atoms with E-state index in [1.807, 2.05) is 61.3 Å². The predicted molar refractivity (Wildman–Crippen MR) is 74.8 cm³/mol. The Labute approximate surface area is 111 Å². The first kappa shape index (κ1) is 11.5. The molecule has 5 heteroatoms. The molecule has 0 saturated carbocycles. The lowest BCUT2D eigenvalue weighted by atomic mass is 10.3. The zero-order valence-electron chi connectivity index (χ0n) is 10.9. The van der Waals surface area contributed by atoms with E-state index in [0.29, 0.717) is 0 Å². The fraction of sp³-hybridized carbons (Fsp3) is 0.143. The summed E-state index contributed by atoms with van der Waals surface area (Å²) in [6, 6.07) is 10.1. The summed E-state index contributed by atoms with van der Waals surface area (Å²) >= 11 is 0. The molecule has 19 heavy (non-hydrogen) atoms. The highest BCUT2D eigenvalue weighted by molar-refractivity contribution is 5.57. The number of benzene rings is 1. The standard InChI is InChI=1S/C14H15N5/c1-11-13(10-18(2)17-11)16-14-15-8-9-19(14)12-6-4-3-5-7-12/h3-10H,1-2H3,(H,15,16). The summed E-state index contributed by atoms with van der Waals surface area (Å²) in [7, 11) is 1.90. The van der Waals surface area contributed by atoms with Crippen LogP contribution in [0.3, 0.4) is 0 Å². The number of para-hydroxylation sites is 1. The van der Waals surface area contributed by atoms with E-state index in [1.165, 1.54) is 0 Å². The molecule has 0 amide bonds. The third-order valence-electron chi connectivity index (χ3n) is 2.94. The summed E-state index contributed by atoms with van der Waals surface area (Å²) in [5.74, 6) is 0.780. The predicted octanol–water partition coefficient (Wildman–Crippen LogP) is 2.66. The van der Waals surface area contributed by atoms with E-state index in [1.54, 1.807) is 10.9 Å². The number of rotatable bonds is 3. The molecule has 0 unspecified atom stereocenters. The van der Waals surface area contributed by atoms with Gasteiger partial charge in [-0.1, -0.05) is 18.2 Å². The summed E-state index contributed by atoms with van der Waals surface area (Å²) in [5.41, 5.74) is 2.99. The van der Waals surface area contributed by atoms with Crippen LogP contribution in [0, 0.1) is 6.92 Å². The fourth-order valence-electron chi connectivity index (χ4n) is 2.04. The minimum Gasteiger partial charge on any atom is -0.322 e. The Bertz CT molecular complexity index is 681. The van der Waals surface area contributed by atoms with Crippen molar-refractivity contribution in [3.05, 3.63) is 54.6 Å². The largest absolute Gasteiger partial charge is 0.322 e. The lowest BCUT2D eigenvalue weighted by Gasteiger charge is -2.08. The monoisotopic (exact) mass is 253 g/mol. The topological polar surface area (TPSA) is 47.7 Å². The van der Waals surface area contributed by atoms with Crippen molar-refractivity contribution < 1.29 is 0 Å². The second-order valence-electron chi connectivity index (χ2n) is 4.38. The SMILES string of the molecule is Cc1nn(C)cc1Nc1nccn1-c1ccccc1. The smallest absolute Gasteiger partial charge is 0.212 e. The molecule has 0 spiro atoms. The van der Waals surface area contributed by atoms with Crippen molar-refractivity contribution in [2.75, 3.05) is 5.32 Å². The van der Waals surface area contributed by atoms with E-state index in [4.69, 9.17) is 0 Å². The van der Waals surface area contributed by atoms with E-state index in [9.17, 15) is 0 Å². The first-order valence-corrected chi connectivity index (χ1v) is 6.10. The zero-order chi connectivity index (χ0) is 13.2. The molecule has 2 aromatic heterocycles. The molecular weight excluding hydrogens is 238 g/mol. The number of imidazole rings is 1. The van der Waals surface area contributed by atoms with E-state index < -0.39 is 0 Å². The maximum Gasteiger partial charge on any atom is 0.212 e. The lowest BCUT2D eigenvalue weighted by molar-refractivity contribution is 0.756. The number of anilines is 2. The van der Waals surface area contributed by atoms with Gasteiger partial charge in [-0.3, -0.25) is 9.25 Å². The molecule has 0 saturated heterocycles. The van der Waals surface area contributed by atoms with Crippen LogP contribution in [0.1, 0.15) is 5.69 Å². The van der Waals surface area contributed by atoms with Crippen molar-refractivity contribution in [1.82, 2.24) is 19.3 Å². The van der Waals surface area contributed by atoms with Gasteiger partial charge < -0.3 is 5.32 Å². The maximum absolute atomic E-state index is 4.35. The van der Waals surface area contributed by atoms with Gasteiger partial charge in [0, 0.05) is 31.3 Å². The number of hydrogen-bond acceptors (Lipinski definition) is 3. The third kappa shape index (κ3) is 2.22. The maximum atomic E-state index is 4.35. The average Bonchev–Trinajstić information content (AvgIpc) is 2.98. The summed E-state index contributed by atoms with van der Waals surface area (Å²) in [6.07, 6.45) is 5.66. The van der Waals surface area contributed by atoms with Gasteiger partial charge in [0.2, 0.25) is 5.95 Å². The molecule has 3 rings (SSSR count). The van der Waals surface area contributed by atoms with Crippen LogP contribution >= 0.6 is 0 Å². The van der Waals surface area contributed by atoms with Crippen molar-refractivity contribution in [2.24, 2.45) is 7.05 Å². The number of hydrogen-bond donors (Lipinski definition) is 1. The Hall–Kier alpha value is -2.56. The summed E-state index contributed by atoms with van der Waals surface area (Å²) in [6.45, 7) is 1.97. The second-order valence-corrected chi connectivity index (χ2v) is 4.38. The molecular formula is C14H15N5. The van der Waals surface area contributed by atoms with E-state index >= 15 is 0 Å². The fourth-order valence-corrected chi connectivity index (χ4v) is 2.04. The van der Waals surface area contributed by atoms with Crippen molar-refractivity contribution in [1.29, 1.82) is 0 Å². The van der Waals surface area contributed by atoms with E-state index in [-0.39, 0.29) is 0 Å². The van der Waals surface area contributed by atoms with Crippen LogP contribution in [0.2, 0.25) is 0 Å². The highest BCUT2D eigenvalue weighted by atomic mass is 15.3. The molecule has 0 fully saturated rings. The van der Waals surface area contributed by atoms with Crippen LogP contribution in [0.15, 0.2) is 48.9 Å². The quantitative estimate of drug-likeness (QED) is 0.780. The van der Waals surface area contributed by atoms with Gasteiger partial charge in [0.25, 0.3) is 0 Å². The van der Waals surface area contributed by atoms with E-state index in [0.717, 1.165) is 23.0 Å². The number of aromatic nitrogens is 4. The molecule has 5 nitrogen and oxygen atoms in total. The number of nitrogens with zero attached hydrogens (tertiary/aromatic N) is 4. The van der Waals surface area contributed by atoms with Gasteiger partial charge in [0.15, 0.2) is 0 Å². The minimum absolute atomic E-state index is 0.780. The first-order valence-electron chi connectivity index (χ1n) is 6.10. The van der Waals surface area contributed by atoms with Crippen LogP contribution < -0.4 is 5.32 Å². The van der Waals surface area contributed by atoms with Gasteiger partial charge in [-0.25, -0.2) is 4.98 Å². The van der Waals surface area contributed by atoms with Crippen molar-refractivity contribution in [3.8, 4) is 5.69 Å². The number of aryl methyl sites for hydroxylation is 2. The summed E-state index contributed by atoms with van der Waals surface area (Å²) in [5, 5.41) is 7.62. The molecule has 0 bridgehead atoms. The zero-order valence-corrected chi connectivity index (χ0v) is 10.9. The Kier molecular flexibility index (Phi) is 2.79. The van der Waals surface area contributed by atoms with Crippen molar-refractivity contribution in [2.45, 2.75) is 6.92 Å². The Morgan fingerprint density at radius 3 is 2.63 bits per heavy atom. The molecule has 3 aromatic rings. The van der Waals surface area contributed by atoms with Gasteiger partial charge in [0.1, 0.15) is 0 Å². The van der Waals surface area contributed by atoms with Crippen LogP contribution in [0.5, 0.6) is 0 Å². The first-order chi connectivity index (χ1) is 9.24. The van der Waals surface area contributed by atoms with Gasteiger partial charge >= 0.3 is 0 Å². The van der Waals surface area contributed by atoms with Gasteiger partial charge in [0.05, 0.1) is 11.4 Å². The van der Waals surface area contributed by atoms with Crippen LogP contribution in [0.4, 0.5) is 11.6 Å². The van der Waals surface area contributed by atoms with Crippen LogP contribution in [-0.4, -0.2) is 19.3 Å². The van der Waals surface area contributed by atoms with Gasteiger partial charge in [-0.05, 0) is 19.1 Å². The highest BCUT2D eigenvalue weighted by Gasteiger charge is 2.08. The number of nitrogens with one attached hydrogen (secondary N) is 1. The van der Waals surface area contributed by atoms with Crippen molar-refractivity contribution in [3.63, 3.8) is 0 Å². The van der Waals surface area contributed by atoms with Crippen molar-refractivity contribution >= 4 is 11.6 Å². The van der Waals surface area contributed by atoms with Crippen LogP contribution in [0.25, 0.3) is 5.69 Å². The molecule has 1 aromatic carbocycles. The Morgan fingerprint density at radius 2 is 1.95 bits per heavy atom. The lowest BCUT2D eigenvalue weighted by Crippen LogP contribution is -2.01. The molecule has 96 valence electrons. The van der Waals surface area contributed by atoms with Gasteiger partial charge in [-0.2, -0.15) is 5.10 Å². The third-order valence-corrected chi connectivity index (χ3v) is 2.94. The Balaban J connectivity index is 1.95.